The Morgan fingerprint density at radius 1 is 1.15 bits per heavy atom. The number of aryl methyl sites for hydroxylation is 2. The number of rotatable bonds is 5. The van der Waals surface area contributed by atoms with Crippen molar-refractivity contribution in [3.8, 4) is 11.1 Å². The van der Waals surface area contributed by atoms with E-state index in [-0.39, 0.29) is 5.91 Å². The maximum atomic E-state index is 12.5. The van der Waals surface area contributed by atoms with Gasteiger partial charge in [0.05, 0.1) is 13.7 Å². The van der Waals surface area contributed by atoms with Gasteiger partial charge in [-0.15, -0.1) is 11.3 Å². The van der Waals surface area contributed by atoms with Crippen molar-refractivity contribution >= 4 is 28.2 Å². The SMILES string of the molecule is COC(=O)c1c(-c2cc(C)ccc2C)csc1NC(=O)CN1CCCCC1. The number of amides is 1. The van der Waals surface area contributed by atoms with Crippen molar-refractivity contribution in [3.05, 3.63) is 40.3 Å². The molecule has 1 aliphatic heterocycles. The van der Waals surface area contributed by atoms with E-state index in [0.29, 0.717) is 17.1 Å². The van der Waals surface area contributed by atoms with E-state index >= 15 is 0 Å². The van der Waals surface area contributed by atoms with Crippen LogP contribution in [0.15, 0.2) is 23.6 Å². The number of benzene rings is 1. The van der Waals surface area contributed by atoms with Gasteiger partial charge in [0.15, 0.2) is 0 Å². The van der Waals surface area contributed by atoms with Crippen LogP contribution in [0.5, 0.6) is 0 Å². The van der Waals surface area contributed by atoms with Gasteiger partial charge < -0.3 is 10.1 Å². The summed E-state index contributed by atoms with van der Waals surface area (Å²) in [5, 5.41) is 5.41. The van der Waals surface area contributed by atoms with Crippen molar-refractivity contribution in [2.45, 2.75) is 33.1 Å². The first-order chi connectivity index (χ1) is 13.0. The Morgan fingerprint density at radius 3 is 2.59 bits per heavy atom. The molecule has 1 aromatic carbocycles. The number of nitrogens with zero attached hydrogens (tertiary/aromatic N) is 1. The number of methoxy groups -OCH3 is 1. The maximum absolute atomic E-state index is 12.5. The molecule has 1 aliphatic rings. The highest BCUT2D eigenvalue weighted by Crippen LogP contribution is 2.38. The third-order valence-corrected chi connectivity index (χ3v) is 5.83. The number of piperidine rings is 1. The Morgan fingerprint density at radius 2 is 1.89 bits per heavy atom. The van der Waals surface area contributed by atoms with Crippen LogP contribution in [0.4, 0.5) is 5.00 Å². The Bertz CT molecular complexity index is 838. The van der Waals surface area contributed by atoms with Crippen LogP contribution < -0.4 is 5.32 Å². The highest BCUT2D eigenvalue weighted by molar-refractivity contribution is 7.15. The lowest BCUT2D eigenvalue weighted by Gasteiger charge is -2.25. The van der Waals surface area contributed by atoms with Crippen LogP contribution >= 0.6 is 11.3 Å². The third-order valence-electron chi connectivity index (χ3n) is 4.93. The van der Waals surface area contributed by atoms with Crippen LogP contribution in [0.25, 0.3) is 11.1 Å². The van der Waals surface area contributed by atoms with Gasteiger partial charge in [-0.2, -0.15) is 0 Å². The summed E-state index contributed by atoms with van der Waals surface area (Å²) >= 11 is 1.37. The highest BCUT2D eigenvalue weighted by atomic mass is 32.1. The van der Waals surface area contributed by atoms with Gasteiger partial charge in [-0.3, -0.25) is 9.69 Å². The standard InChI is InChI=1S/C21H26N2O3S/c1-14-7-8-15(2)16(11-14)17-13-27-20(19(17)21(25)26-3)22-18(24)12-23-9-5-4-6-10-23/h7-8,11,13H,4-6,9-10,12H2,1-3H3,(H,22,24). The van der Waals surface area contributed by atoms with Crippen LogP contribution in [0.1, 0.15) is 40.7 Å². The zero-order valence-corrected chi connectivity index (χ0v) is 16.9. The largest absolute Gasteiger partial charge is 0.465 e. The summed E-state index contributed by atoms with van der Waals surface area (Å²) in [7, 11) is 1.37. The minimum absolute atomic E-state index is 0.0867. The molecule has 0 atom stereocenters. The number of thiophene rings is 1. The van der Waals surface area contributed by atoms with Gasteiger partial charge in [-0.25, -0.2) is 4.79 Å². The van der Waals surface area contributed by atoms with Crippen molar-refractivity contribution in [1.82, 2.24) is 4.90 Å². The van der Waals surface area contributed by atoms with Crippen LogP contribution in [0, 0.1) is 13.8 Å². The lowest BCUT2D eigenvalue weighted by atomic mass is 9.97. The molecule has 0 unspecified atom stereocenters. The third kappa shape index (κ3) is 4.57. The van der Waals surface area contributed by atoms with Gasteiger partial charge >= 0.3 is 5.97 Å². The fraction of sp³-hybridized carbons (Fsp3) is 0.429. The first kappa shape index (κ1) is 19.6. The van der Waals surface area contributed by atoms with Crippen molar-refractivity contribution in [1.29, 1.82) is 0 Å². The molecular formula is C21H26N2O3S. The molecular weight excluding hydrogens is 360 g/mol. The molecule has 0 saturated carbocycles. The second kappa shape index (κ2) is 8.67. The predicted molar refractivity (Wildman–Crippen MR) is 109 cm³/mol. The normalized spacial score (nSPS) is 14.8. The minimum atomic E-state index is -0.430. The van der Waals surface area contributed by atoms with Gasteiger partial charge in [-0.1, -0.05) is 30.2 Å². The van der Waals surface area contributed by atoms with E-state index in [9.17, 15) is 9.59 Å². The molecule has 0 aliphatic carbocycles. The number of esters is 1. The number of carbonyl (C=O) groups excluding carboxylic acids is 2. The zero-order valence-electron chi connectivity index (χ0n) is 16.1. The number of nitrogens with one attached hydrogen (secondary N) is 1. The van der Waals surface area contributed by atoms with Crippen LogP contribution in [0.3, 0.4) is 0 Å². The lowest BCUT2D eigenvalue weighted by molar-refractivity contribution is -0.117. The lowest BCUT2D eigenvalue weighted by Crippen LogP contribution is -2.36. The van der Waals surface area contributed by atoms with E-state index in [1.165, 1.54) is 24.9 Å². The summed E-state index contributed by atoms with van der Waals surface area (Å²) in [6.45, 7) is 6.30. The van der Waals surface area contributed by atoms with E-state index in [1.807, 2.05) is 31.4 Å². The summed E-state index contributed by atoms with van der Waals surface area (Å²) < 4.78 is 5.01. The van der Waals surface area contributed by atoms with Crippen LogP contribution in [0.2, 0.25) is 0 Å². The van der Waals surface area contributed by atoms with Gasteiger partial charge in [0.2, 0.25) is 5.91 Å². The van der Waals surface area contributed by atoms with Crippen LogP contribution in [-0.4, -0.2) is 43.5 Å². The van der Waals surface area contributed by atoms with Gasteiger partial charge in [0.25, 0.3) is 0 Å². The van der Waals surface area contributed by atoms with Gasteiger partial charge in [0.1, 0.15) is 10.6 Å². The molecule has 2 heterocycles. The molecule has 1 aromatic heterocycles. The number of hydrogen-bond donors (Lipinski definition) is 1. The topological polar surface area (TPSA) is 58.6 Å². The van der Waals surface area contributed by atoms with Crippen molar-refractivity contribution in [3.63, 3.8) is 0 Å². The number of anilines is 1. The average molecular weight is 387 g/mol. The van der Waals surface area contributed by atoms with E-state index in [4.69, 9.17) is 4.74 Å². The first-order valence-electron chi connectivity index (χ1n) is 9.29. The van der Waals surface area contributed by atoms with Crippen molar-refractivity contribution in [2.75, 3.05) is 32.1 Å². The molecule has 0 bridgehead atoms. The summed E-state index contributed by atoms with van der Waals surface area (Å²) in [4.78, 5) is 27.2. The number of likely N-dealkylation sites (tertiary alicyclic amines) is 1. The molecule has 1 saturated heterocycles. The summed E-state index contributed by atoms with van der Waals surface area (Å²) in [5.74, 6) is -0.517. The van der Waals surface area contributed by atoms with E-state index in [0.717, 1.165) is 48.2 Å². The summed E-state index contributed by atoms with van der Waals surface area (Å²) in [6, 6.07) is 6.14. The molecule has 144 valence electrons. The molecule has 0 radical (unpaired) electrons. The predicted octanol–water partition coefficient (Wildman–Crippen LogP) is 4.24. The van der Waals surface area contributed by atoms with Crippen LogP contribution in [-0.2, 0) is 9.53 Å². The Kier molecular flexibility index (Phi) is 6.29. The molecule has 5 nitrogen and oxygen atoms in total. The highest BCUT2D eigenvalue weighted by Gasteiger charge is 2.24. The fourth-order valence-corrected chi connectivity index (χ4v) is 4.43. The zero-order chi connectivity index (χ0) is 19.4. The van der Waals surface area contributed by atoms with Crippen molar-refractivity contribution in [2.24, 2.45) is 0 Å². The van der Waals surface area contributed by atoms with E-state index < -0.39 is 5.97 Å². The Labute approximate surface area is 164 Å². The average Bonchev–Trinajstić information content (AvgIpc) is 3.07. The smallest absolute Gasteiger partial charge is 0.341 e. The summed E-state index contributed by atoms with van der Waals surface area (Å²) in [6.07, 6.45) is 3.50. The molecule has 1 fully saturated rings. The number of ether oxygens (including phenoxy) is 1. The minimum Gasteiger partial charge on any atom is -0.465 e. The van der Waals surface area contributed by atoms with E-state index in [1.54, 1.807) is 0 Å². The van der Waals surface area contributed by atoms with E-state index in [2.05, 4.69) is 16.3 Å². The Balaban J connectivity index is 1.87. The molecule has 3 rings (SSSR count). The second-order valence-corrected chi connectivity index (χ2v) is 7.93. The van der Waals surface area contributed by atoms with Gasteiger partial charge in [0, 0.05) is 10.9 Å². The molecule has 2 aromatic rings. The quantitative estimate of drug-likeness (QED) is 0.781. The van der Waals surface area contributed by atoms with Gasteiger partial charge in [-0.05, 0) is 50.9 Å². The summed E-state index contributed by atoms with van der Waals surface area (Å²) in [5.41, 5.74) is 4.43. The molecule has 27 heavy (non-hydrogen) atoms. The maximum Gasteiger partial charge on any atom is 0.341 e. The molecule has 6 heteroatoms. The monoisotopic (exact) mass is 386 g/mol. The first-order valence-corrected chi connectivity index (χ1v) is 10.2. The number of hydrogen-bond acceptors (Lipinski definition) is 5. The fourth-order valence-electron chi connectivity index (χ4n) is 3.47. The molecule has 1 N–H and O–H groups in total. The second-order valence-electron chi connectivity index (χ2n) is 7.05. The Hall–Kier alpha value is -2.18. The molecule has 0 spiro atoms. The molecule has 1 amide bonds. The van der Waals surface area contributed by atoms with Crippen molar-refractivity contribution < 1.29 is 14.3 Å². The number of carbonyl (C=O) groups is 2.